The summed E-state index contributed by atoms with van der Waals surface area (Å²) in [7, 11) is 0. The van der Waals surface area contributed by atoms with E-state index in [0.717, 1.165) is 0 Å². The van der Waals surface area contributed by atoms with Gasteiger partial charge in [-0.1, -0.05) is 17.7 Å². The van der Waals surface area contributed by atoms with Gasteiger partial charge in [0.15, 0.2) is 0 Å². The van der Waals surface area contributed by atoms with Crippen LogP contribution in [0.2, 0.25) is 5.02 Å². The van der Waals surface area contributed by atoms with Gasteiger partial charge in [-0.25, -0.2) is 0 Å². The highest BCUT2D eigenvalue weighted by Gasteiger charge is 2.02. The molecule has 0 aromatic carbocycles. The molecule has 0 saturated carbocycles. The lowest BCUT2D eigenvalue weighted by Gasteiger charge is -1.82. The van der Waals surface area contributed by atoms with E-state index >= 15 is 0 Å². The summed E-state index contributed by atoms with van der Waals surface area (Å²) >= 11 is 5.56. The standard InChI is InChI=1S/C6H5ClN2O.C5H5N/c7-5-1-4(3-10)9-6(5)2-8;1-2-4-6-5-3-1/h1,9-10H,3H2;1-5H. The normalized spacial score (nSPS) is 8.81. The number of aromatic amines is 1. The average molecular weight is 236 g/mol. The molecule has 0 amide bonds. The Labute approximate surface area is 98.1 Å². The summed E-state index contributed by atoms with van der Waals surface area (Å²) in [5, 5.41) is 17.3. The van der Waals surface area contributed by atoms with E-state index in [2.05, 4.69) is 9.97 Å². The van der Waals surface area contributed by atoms with E-state index in [0.29, 0.717) is 16.4 Å². The molecule has 0 aliphatic carbocycles. The highest BCUT2D eigenvalue weighted by molar-refractivity contribution is 6.31. The maximum Gasteiger partial charge on any atom is 0.136 e. The number of rotatable bonds is 1. The van der Waals surface area contributed by atoms with Crippen molar-refractivity contribution >= 4 is 11.6 Å². The van der Waals surface area contributed by atoms with Gasteiger partial charge < -0.3 is 10.1 Å². The van der Waals surface area contributed by atoms with Crippen molar-refractivity contribution in [2.24, 2.45) is 0 Å². The van der Waals surface area contributed by atoms with Gasteiger partial charge in [-0.15, -0.1) is 0 Å². The predicted octanol–water partition coefficient (Wildman–Crippen LogP) is 2.11. The molecule has 0 spiro atoms. The van der Waals surface area contributed by atoms with Crippen LogP contribution in [0.3, 0.4) is 0 Å². The molecule has 2 aromatic rings. The number of aromatic nitrogens is 2. The van der Waals surface area contributed by atoms with E-state index in [1.54, 1.807) is 12.4 Å². The van der Waals surface area contributed by atoms with E-state index in [9.17, 15) is 0 Å². The van der Waals surface area contributed by atoms with E-state index in [4.69, 9.17) is 22.0 Å². The third kappa shape index (κ3) is 3.73. The van der Waals surface area contributed by atoms with Gasteiger partial charge in [-0.3, -0.25) is 4.98 Å². The van der Waals surface area contributed by atoms with Gasteiger partial charge in [0.25, 0.3) is 0 Å². The SMILES string of the molecule is N#Cc1[nH]c(CO)cc1Cl.c1ccncc1. The van der Waals surface area contributed by atoms with Crippen molar-refractivity contribution in [1.82, 2.24) is 9.97 Å². The molecule has 0 saturated heterocycles. The van der Waals surface area contributed by atoms with Gasteiger partial charge in [0.2, 0.25) is 0 Å². The summed E-state index contributed by atoms with van der Waals surface area (Å²) in [4.78, 5) is 6.42. The van der Waals surface area contributed by atoms with E-state index in [1.165, 1.54) is 6.07 Å². The molecular formula is C11H10ClN3O. The smallest absolute Gasteiger partial charge is 0.136 e. The van der Waals surface area contributed by atoms with Crippen LogP contribution in [0, 0.1) is 11.3 Å². The molecule has 0 bridgehead atoms. The zero-order chi connectivity index (χ0) is 11.8. The van der Waals surface area contributed by atoms with Crippen LogP contribution in [-0.2, 0) is 6.61 Å². The number of nitriles is 1. The summed E-state index contributed by atoms with van der Waals surface area (Å²) in [5.74, 6) is 0. The Kier molecular flexibility index (Phi) is 5.06. The topological polar surface area (TPSA) is 72.7 Å². The second-order valence-corrected chi connectivity index (χ2v) is 3.22. The van der Waals surface area contributed by atoms with Crippen LogP contribution < -0.4 is 0 Å². The monoisotopic (exact) mass is 235 g/mol. The van der Waals surface area contributed by atoms with Gasteiger partial charge in [-0.05, 0) is 18.2 Å². The van der Waals surface area contributed by atoms with Crippen LogP contribution in [0.25, 0.3) is 0 Å². The first-order valence-electron chi connectivity index (χ1n) is 4.51. The zero-order valence-electron chi connectivity index (χ0n) is 8.39. The quantitative estimate of drug-likeness (QED) is 0.795. The molecule has 2 heterocycles. The van der Waals surface area contributed by atoms with E-state index < -0.39 is 0 Å². The van der Waals surface area contributed by atoms with E-state index in [-0.39, 0.29) is 6.61 Å². The molecule has 0 radical (unpaired) electrons. The first-order chi connectivity index (χ1) is 7.77. The van der Waals surface area contributed by atoms with Gasteiger partial charge in [0.1, 0.15) is 11.8 Å². The number of pyridine rings is 1. The minimum Gasteiger partial charge on any atom is -0.390 e. The lowest BCUT2D eigenvalue weighted by atomic mass is 10.4. The lowest BCUT2D eigenvalue weighted by molar-refractivity contribution is 0.277. The minimum absolute atomic E-state index is 0.124. The number of hydrogen-bond acceptors (Lipinski definition) is 3. The van der Waals surface area contributed by atoms with Gasteiger partial charge >= 0.3 is 0 Å². The van der Waals surface area contributed by atoms with Gasteiger partial charge in [0, 0.05) is 18.1 Å². The molecular weight excluding hydrogens is 226 g/mol. The Balaban J connectivity index is 0.000000181. The second-order valence-electron chi connectivity index (χ2n) is 2.81. The molecule has 2 rings (SSSR count). The highest BCUT2D eigenvalue weighted by Crippen LogP contribution is 2.15. The molecule has 16 heavy (non-hydrogen) atoms. The zero-order valence-corrected chi connectivity index (χ0v) is 9.15. The minimum atomic E-state index is -0.124. The molecule has 0 aliphatic rings. The number of H-pyrrole nitrogens is 1. The van der Waals surface area contributed by atoms with Crippen molar-refractivity contribution in [3.05, 3.63) is 53.1 Å². The van der Waals surface area contributed by atoms with E-state index in [1.807, 2.05) is 24.3 Å². The predicted molar refractivity (Wildman–Crippen MR) is 60.7 cm³/mol. The van der Waals surface area contributed by atoms with Crippen molar-refractivity contribution in [1.29, 1.82) is 5.26 Å². The molecule has 2 N–H and O–H groups in total. The van der Waals surface area contributed by atoms with Crippen molar-refractivity contribution in [2.45, 2.75) is 6.61 Å². The molecule has 82 valence electrons. The van der Waals surface area contributed by atoms with Crippen LogP contribution in [0.1, 0.15) is 11.4 Å². The number of halogens is 1. The summed E-state index contributed by atoms with van der Waals surface area (Å²) in [5.41, 5.74) is 0.854. The number of nitrogens with one attached hydrogen (secondary N) is 1. The maximum atomic E-state index is 8.57. The Morgan fingerprint density at radius 1 is 1.38 bits per heavy atom. The van der Waals surface area contributed by atoms with Gasteiger partial charge in [-0.2, -0.15) is 5.26 Å². The Bertz CT molecular complexity index is 435. The van der Waals surface area contributed by atoms with Crippen LogP contribution in [0.15, 0.2) is 36.7 Å². The Morgan fingerprint density at radius 3 is 2.31 bits per heavy atom. The molecule has 5 heteroatoms. The average Bonchev–Trinajstić information content (AvgIpc) is 2.73. The molecule has 0 atom stereocenters. The highest BCUT2D eigenvalue weighted by atomic mass is 35.5. The Morgan fingerprint density at radius 2 is 2.06 bits per heavy atom. The van der Waals surface area contributed by atoms with Gasteiger partial charge in [0.05, 0.1) is 11.6 Å². The molecule has 0 fully saturated rings. The number of aliphatic hydroxyl groups excluding tert-OH is 1. The van der Waals surface area contributed by atoms with Crippen LogP contribution in [0.5, 0.6) is 0 Å². The second kappa shape index (κ2) is 6.62. The first kappa shape index (κ1) is 12.2. The summed E-state index contributed by atoms with van der Waals surface area (Å²) in [6, 6.07) is 9.09. The first-order valence-corrected chi connectivity index (χ1v) is 4.89. The number of nitrogens with zero attached hydrogens (tertiary/aromatic N) is 2. The molecule has 4 nitrogen and oxygen atoms in total. The van der Waals surface area contributed by atoms with Crippen LogP contribution >= 0.6 is 11.6 Å². The fourth-order valence-electron chi connectivity index (χ4n) is 0.961. The molecule has 2 aromatic heterocycles. The molecule has 0 aliphatic heterocycles. The number of aliphatic hydroxyl groups is 1. The van der Waals surface area contributed by atoms with Crippen LogP contribution in [-0.4, -0.2) is 15.1 Å². The van der Waals surface area contributed by atoms with Crippen LogP contribution in [0.4, 0.5) is 0 Å². The third-order valence-corrected chi connectivity index (χ3v) is 1.97. The third-order valence-electron chi connectivity index (χ3n) is 1.67. The maximum absolute atomic E-state index is 8.57. The Hall–Kier alpha value is -1.83. The van der Waals surface area contributed by atoms with Crippen molar-refractivity contribution in [2.75, 3.05) is 0 Å². The number of hydrogen-bond donors (Lipinski definition) is 2. The fraction of sp³-hybridized carbons (Fsp3) is 0.0909. The fourth-order valence-corrected chi connectivity index (χ4v) is 1.18. The lowest BCUT2D eigenvalue weighted by Crippen LogP contribution is -1.81. The summed E-state index contributed by atoms with van der Waals surface area (Å²) in [6.07, 6.45) is 3.50. The molecule has 0 unspecified atom stereocenters. The largest absolute Gasteiger partial charge is 0.390 e. The summed E-state index contributed by atoms with van der Waals surface area (Å²) in [6.45, 7) is -0.124. The van der Waals surface area contributed by atoms with Crippen molar-refractivity contribution in [3.63, 3.8) is 0 Å². The summed E-state index contributed by atoms with van der Waals surface area (Å²) < 4.78 is 0. The van der Waals surface area contributed by atoms with Crippen molar-refractivity contribution < 1.29 is 5.11 Å². The van der Waals surface area contributed by atoms with Crippen molar-refractivity contribution in [3.8, 4) is 6.07 Å².